The van der Waals surface area contributed by atoms with E-state index < -0.39 is 18.6 Å². The largest absolute Gasteiger partial charge is 0.452 e. The van der Waals surface area contributed by atoms with Crippen molar-refractivity contribution in [3.8, 4) is 0 Å². The molecule has 1 rings (SSSR count). The average molecular weight is 256 g/mol. The highest BCUT2D eigenvalue weighted by Gasteiger charge is 2.33. The van der Waals surface area contributed by atoms with Crippen molar-refractivity contribution in [1.82, 2.24) is 4.90 Å². The number of hydrogen-bond acceptors (Lipinski definition) is 2. The lowest BCUT2D eigenvalue weighted by Gasteiger charge is -2.21. The lowest BCUT2D eigenvalue weighted by Crippen LogP contribution is -2.38. The summed E-state index contributed by atoms with van der Waals surface area (Å²) in [7, 11) is 0. The van der Waals surface area contributed by atoms with Gasteiger partial charge in [-0.3, -0.25) is 4.79 Å². The van der Waals surface area contributed by atoms with E-state index in [0.717, 1.165) is 6.26 Å². The van der Waals surface area contributed by atoms with Gasteiger partial charge in [0.1, 0.15) is 6.54 Å². The van der Waals surface area contributed by atoms with Crippen LogP contribution in [0.15, 0.2) is 16.7 Å². The number of halogens is 4. The van der Waals surface area contributed by atoms with E-state index in [1.807, 2.05) is 0 Å². The van der Waals surface area contributed by atoms with Crippen LogP contribution in [0, 0.1) is 0 Å². The molecule has 16 heavy (non-hydrogen) atoms. The molecular weight excluding hydrogens is 247 g/mol. The minimum absolute atomic E-state index is 0.0557. The molecule has 3 nitrogen and oxygen atoms in total. The number of alkyl halides is 3. The minimum Gasteiger partial charge on any atom is -0.452 e. The molecule has 0 aromatic carbocycles. The van der Waals surface area contributed by atoms with Crippen LogP contribution in [0.5, 0.6) is 0 Å². The third-order valence-corrected chi connectivity index (χ3v) is 2.18. The van der Waals surface area contributed by atoms with Gasteiger partial charge < -0.3 is 9.32 Å². The first-order chi connectivity index (χ1) is 7.35. The van der Waals surface area contributed by atoms with Crippen molar-refractivity contribution >= 4 is 17.5 Å². The molecule has 0 N–H and O–H groups in total. The quantitative estimate of drug-likeness (QED) is 0.832. The predicted molar refractivity (Wildman–Crippen MR) is 51.4 cm³/mol. The van der Waals surface area contributed by atoms with Crippen LogP contribution in [0.4, 0.5) is 13.2 Å². The van der Waals surface area contributed by atoms with Crippen LogP contribution in [0.3, 0.4) is 0 Å². The van der Waals surface area contributed by atoms with Crippen molar-refractivity contribution in [1.29, 1.82) is 0 Å². The summed E-state index contributed by atoms with van der Waals surface area (Å²) in [5.41, 5.74) is -0.0623. The van der Waals surface area contributed by atoms with Gasteiger partial charge in [-0.2, -0.15) is 13.2 Å². The first-order valence-corrected chi connectivity index (χ1v) is 4.82. The maximum Gasteiger partial charge on any atom is 0.406 e. The fourth-order valence-corrected chi connectivity index (χ4v) is 1.36. The Hall–Kier alpha value is -1.17. The molecule has 0 radical (unpaired) electrons. The number of nitrogens with zero attached hydrogens (tertiary/aromatic N) is 1. The number of carbonyl (C=O) groups excluding carboxylic acids is 1. The summed E-state index contributed by atoms with van der Waals surface area (Å²) in [6.07, 6.45) is -3.28. The van der Waals surface area contributed by atoms with Crippen LogP contribution >= 0.6 is 11.6 Å². The van der Waals surface area contributed by atoms with Gasteiger partial charge in [0.25, 0.3) is 5.91 Å². The summed E-state index contributed by atoms with van der Waals surface area (Å²) in [5.74, 6) is -0.793. The summed E-state index contributed by atoms with van der Waals surface area (Å²) in [6.45, 7) is 0.0985. The smallest absolute Gasteiger partial charge is 0.406 e. The van der Waals surface area contributed by atoms with E-state index in [-0.39, 0.29) is 17.3 Å². The summed E-state index contributed by atoms with van der Waals surface area (Å²) >= 11 is 5.51. The Balaban J connectivity index is 2.82. The minimum atomic E-state index is -4.43. The van der Waals surface area contributed by atoms with E-state index in [2.05, 4.69) is 4.42 Å². The van der Waals surface area contributed by atoms with Gasteiger partial charge in [0, 0.05) is 6.54 Å². The monoisotopic (exact) mass is 255 g/mol. The van der Waals surface area contributed by atoms with Crippen molar-refractivity contribution in [2.24, 2.45) is 0 Å². The van der Waals surface area contributed by atoms with E-state index in [9.17, 15) is 18.0 Å². The zero-order valence-corrected chi connectivity index (χ0v) is 9.10. The third-order valence-electron chi connectivity index (χ3n) is 1.89. The molecule has 0 saturated carbocycles. The molecule has 0 saturated heterocycles. The number of rotatable bonds is 3. The number of amides is 1. The predicted octanol–water partition coefficient (Wildman–Crippen LogP) is 2.96. The van der Waals surface area contributed by atoms with Gasteiger partial charge in [-0.15, -0.1) is 0 Å². The molecule has 0 aliphatic carbocycles. The standard InChI is InChI=1S/C9H9ClF3NO2/c1-2-14(5-9(11,12)13)8(15)6-3-4-16-7(6)10/h3-4H,2,5H2,1H3. The third kappa shape index (κ3) is 3.16. The van der Waals surface area contributed by atoms with E-state index in [1.54, 1.807) is 0 Å². The Morgan fingerprint density at radius 1 is 1.56 bits per heavy atom. The summed E-state index contributed by atoms with van der Waals surface area (Å²) in [4.78, 5) is 12.3. The fraction of sp³-hybridized carbons (Fsp3) is 0.444. The molecule has 1 heterocycles. The molecule has 0 fully saturated rings. The van der Waals surface area contributed by atoms with Gasteiger partial charge in [-0.1, -0.05) is 0 Å². The molecule has 0 bridgehead atoms. The molecule has 90 valence electrons. The molecule has 0 spiro atoms. The zero-order chi connectivity index (χ0) is 12.3. The summed E-state index contributed by atoms with van der Waals surface area (Å²) < 4.78 is 41.1. The maximum absolute atomic E-state index is 12.1. The van der Waals surface area contributed by atoms with Gasteiger partial charge in [-0.05, 0) is 24.6 Å². The molecule has 0 atom stereocenters. The van der Waals surface area contributed by atoms with Crippen LogP contribution in [0.25, 0.3) is 0 Å². The average Bonchev–Trinajstić information content (AvgIpc) is 2.58. The SMILES string of the molecule is CCN(CC(F)(F)F)C(=O)c1ccoc1Cl. The Morgan fingerprint density at radius 3 is 2.56 bits per heavy atom. The number of carbonyl (C=O) groups is 1. The van der Waals surface area contributed by atoms with Gasteiger partial charge in [0.15, 0.2) is 0 Å². The molecule has 1 aromatic rings. The van der Waals surface area contributed by atoms with Crippen LogP contribution in [-0.2, 0) is 0 Å². The lowest BCUT2D eigenvalue weighted by molar-refractivity contribution is -0.140. The first-order valence-electron chi connectivity index (χ1n) is 4.44. The van der Waals surface area contributed by atoms with Crippen molar-refractivity contribution in [2.45, 2.75) is 13.1 Å². The summed E-state index contributed by atoms with van der Waals surface area (Å²) in [5, 5.41) is -0.203. The molecule has 1 amide bonds. The van der Waals surface area contributed by atoms with Crippen LogP contribution in [0.2, 0.25) is 5.22 Å². The second kappa shape index (κ2) is 4.78. The summed E-state index contributed by atoms with van der Waals surface area (Å²) in [6, 6.07) is 1.24. The van der Waals surface area contributed by atoms with Crippen molar-refractivity contribution in [3.63, 3.8) is 0 Å². The molecule has 0 aliphatic heterocycles. The van der Waals surface area contributed by atoms with Crippen LogP contribution in [-0.4, -0.2) is 30.1 Å². The molecule has 7 heteroatoms. The van der Waals surface area contributed by atoms with Crippen LogP contribution in [0.1, 0.15) is 17.3 Å². The first kappa shape index (κ1) is 12.9. The Labute approximate surface area is 94.8 Å². The van der Waals surface area contributed by atoms with E-state index in [4.69, 9.17) is 11.6 Å². The van der Waals surface area contributed by atoms with E-state index in [1.165, 1.54) is 13.0 Å². The van der Waals surface area contributed by atoms with Crippen molar-refractivity contribution < 1.29 is 22.4 Å². The zero-order valence-electron chi connectivity index (χ0n) is 8.34. The molecule has 1 aromatic heterocycles. The van der Waals surface area contributed by atoms with Crippen molar-refractivity contribution in [2.75, 3.05) is 13.1 Å². The molecule has 0 aliphatic rings. The van der Waals surface area contributed by atoms with Gasteiger partial charge in [-0.25, -0.2) is 0 Å². The Kier molecular flexibility index (Phi) is 3.85. The second-order valence-corrected chi connectivity index (χ2v) is 3.39. The molecule has 0 unspecified atom stereocenters. The second-order valence-electron chi connectivity index (χ2n) is 3.04. The van der Waals surface area contributed by atoms with Gasteiger partial charge >= 0.3 is 6.18 Å². The Bertz CT molecular complexity index is 375. The van der Waals surface area contributed by atoms with Gasteiger partial charge in [0.2, 0.25) is 5.22 Å². The number of furan rings is 1. The number of hydrogen-bond donors (Lipinski definition) is 0. The topological polar surface area (TPSA) is 33.5 Å². The lowest BCUT2D eigenvalue weighted by atomic mass is 10.3. The van der Waals surface area contributed by atoms with Gasteiger partial charge in [0.05, 0.1) is 11.8 Å². The molecular formula is C9H9ClF3NO2. The highest BCUT2D eigenvalue weighted by atomic mass is 35.5. The fourth-order valence-electron chi connectivity index (χ4n) is 1.16. The highest BCUT2D eigenvalue weighted by Crippen LogP contribution is 2.22. The maximum atomic E-state index is 12.1. The van der Waals surface area contributed by atoms with Crippen molar-refractivity contribution in [3.05, 3.63) is 23.1 Å². The Morgan fingerprint density at radius 2 is 2.19 bits per heavy atom. The van der Waals surface area contributed by atoms with E-state index >= 15 is 0 Å². The highest BCUT2D eigenvalue weighted by molar-refractivity contribution is 6.32. The van der Waals surface area contributed by atoms with Crippen LogP contribution < -0.4 is 0 Å². The van der Waals surface area contributed by atoms with E-state index in [0.29, 0.717) is 4.90 Å². The normalized spacial score (nSPS) is 11.6.